The fraction of sp³-hybridized carbons (Fsp3) is 0.375. The molecule has 0 atom stereocenters. The monoisotopic (exact) mass is 270 g/mol. The van der Waals surface area contributed by atoms with Gasteiger partial charge in [-0.2, -0.15) is 0 Å². The van der Waals surface area contributed by atoms with E-state index in [0.29, 0.717) is 5.82 Å². The number of aromatic nitrogens is 2. The lowest BCUT2D eigenvalue weighted by molar-refractivity contribution is 0.895. The van der Waals surface area contributed by atoms with Gasteiger partial charge in [0, 0.05) is 24.2 Å². The third-order valence-corrected chi connectivity index (χ3v) is 3.50. The first-order valence-electron chi connectivity index (χ1n) is 7.04. The standard InChI is InChI=1S/C16H22N4/c1-5-14-18-15(17)12(4)16(19-14)20(6-2)13-10-8-7-9-11(13)3/h7-10H,5-6H2,1-4H3,(H2,17,18,19). The molecule has 0 aliphatic carbocycles. The zero-order chi connectivity index (χ0) is 14.7. The van der Waals surface area contributed by atoms with E-state index in [2.05, 4.69) is 40.8 Å². The van der Waals surface area contributed by atoms with Crippen molar-refractivity contribution in [3.63, 3.8) is 0 Å². The molecule has 1 heterocycles. The van der Waals surface area contributed by atoms with Gasteiger partial charge < -0.3 is 10.6 Å². The van der Waals surface area contributed by atoms with Gasteiger partial charge in [-0.15, -0.1) is 0 Å². The van der Waals surface area contributed by atoms with Gasteiger partial charge in [-0.1, -0.05) is 25.1 Å². The number of nitrogens with two attached hydrogens (primary N) is 1. The van der Waals surface area contributed by atoms with E-state index in [1.165, 1.54) is 11.3 Å². The Kier molecular flexibility index (Phi) is 4.23. The molecule has 106 valence electrons. The van der Waals surface area contributed by atoms with Gasteiger partial charge in [0.25, 0.3) is 0 Å². The van der Waals surface area contributed by atoms with Gasteiger partial charge in [0.2, 0.25) is 0 Å². The number of hydrogen-bond acceptors (Lipinski definition) is 4. The number of benzene rings is 1. The van der Waals surface area contributed by atoms with Crippen molar-refractivity contribution in [2.45, 2.75) is 34.1 Å². The Labute approximate surface area is 120 Å². The van der Waals surface area contributed by atoms with Crippen LogP contribution in [0, 0.1) is 13.8 Å². The van der Waals surface area contributed by atoms with E-state index < -0.39 is 0 Å². The van der Waals surface area contributed by atoms with E-state index in [-0.39, 0.29) is 0 Å². The maximum absolute atomic E-state index is 6.03. The summed E-state index contributed by atoms with van der Waals surface area (Å²) < 4.78 is 0. The van der Waals surface area contributed by atoms with Crippen LogP contribution in [0.5, 0.6) is 0 Å². The second-order valence-corrected chi connectivity index (χ2v) is 4.86. The third-order valence-electron chi connectivity index (χ3n) is 3.50. The van der Waals surface area contributed by atoms with E-state index in [9.17, 15) is 0 Å². The summed E-state index contributed by atoms with van der Waals surface area (Å²) in [5, 5.41) is 0. The van der Waals surface area contributed by atoms with Gasteiger partial charge in [0.15, 0.2) is 0 Å². The number of nitrogens with zero attached hydrogens (tertiary/aromatic N) is 3. The molecular weight excluding hydrogens is 248 g/mol. The van der Waals surface area contributed by atoms with Gasteiger partial charge in [0.1, 0.15) is 17.5 Å². The van der Waals surface area contributed by atoms with Gasteiger partial charge in [-0.05, 0) is 32.4 Å². The summed E-state index contributed by atoms with van der Waals surface area (Å²) in [5.74, 6) is 2.26. The molecule has 0 saturated carbocycles. The van der Waals surface area contributed by atoms with Gasteiger partial charge in [0.05, 0.1) is 0 Å². The van der Waals surface area contributed by atoms with Crippen LogP contribution in [-0.2, 0) is 6.42 Å². The summed E-state index contributed by atoms with van der Waals surface area (Å²) in [7, 11) is 0. The van der Waals surface area contributed by atoms with Crippen LogP contribution in [0.3, 0.4) is 0 Å². The van der Waals surface area contributed by atoms with E-state index in [0.717, 1.165) is 30.2 Å². The molecule has 0 aliphatic rings. The Balaban J connectivity index is 2.58. The Hall–Kier alpha value is -2.10. The molecule has 2 rings (SSSR count). The Morgan fingerprint density at radius 2 is 1.80 bits per heavy atom. The first-order valence-corrected chi connectivity index (χ1v) is 7.04. The van der Waals surface area contributed by atoms with Crippen molar-refractivity contribution >= 4 is 17.3 Å². The van der Waals surface area contributed by atoms with Crippen LogP contribution in [0.2, 0.25) is 0 Å². The first-order chi connectivity index (χ1) is 9.58. The average molecular weight is 270 g/mol. The van der Waals surface area contributed by atoms with Crippen molar-refractivity contribution in [2.75, 3.05) is 17.2 Å². The number of anilines is 3. The molecule has 2 aromatic rings. The Morgan fingerprint density at radius 1 is 1.10 bits per heavy atom. The van der Waals surface area contributed by atoms with Crippen LogP contribution >= 0.6 is 0 Å². The molecule has 0 bridgehead atoms. The predicted octanol–water partition coefficient (Wildman–Crippen LogP) is 3.40. The van der Waals surface area contributed by atoms with E-state index in [1.54, 1.807) is 0 Å². The molecule has 0 aliphatic heterocycles. The number of para-hydroxylation sites is 1. The normalized spacial score (nSPS) is 10.6. The fourth-order valence-corrected chi connectivity index (χ4v) is 2.29. The highest BCUT2D eigenvalue weighted by Crippen LogP contribution is 2.30. The van der Waals surface area contributed by atoms with Crippen molar-refractivity contribution in [2.24, 2.45) is 0 Å². The van der Waals surface area contributed by atoms with Crippen LogP contribution in [0.25, 0.3) is 0 Å². The smallest absolute Gasteiger partial charge is 0.141 e. The van der Waals surface area contributed by atoms with Gasteiger partial charge >= 0.3 is 0 Å². The molecule has 0 radical (unpaired) electrons. The minimum atomic E-state index is 0.568. The van der Waals surface area contributed by atoms with E-state index in [4.69, 9.17) is 5.73 Å². The lowest BCUT2D eigenvalue weighted by Crippen LogP contribution is -2.21. The summed E-state index contributed by atoms with van der Waals surface area (Å²) in [5.41, 5.74) is 9.36. The van der Waals surface area contributed by atoms with Crippen molar-refractivity contribution in [1.82, 2.24) is 9.97 Å². The van der Waals surface area contributed by atoms with Gasteiger partial charge in [-0.3, -0.25) is 0 Å². The molecule has 1 aromatic heterocycles. The lowest BCUT2D eigenvalue weighted by atomic mass is 10.1. The summed E-state index contributed by atoms with van der Waals surface area (Å²) in [6.07, 6.45) is 0.781. The van der Waals surface area contributed by atoms with Crippen LogP contribution in [0.4, 0.5) is 17.3 Å². The van der Waals surface area contributed by atoms with Crippen molar-refractivity contribution in [1.29, 1.82) is 0 Å². The third kappa shape index (κ3) is 2.59. The van der Waals surface area contributed by atoms with Crippen molar-refractivity contribution in [3.05, 3.63) is 41.2 Å². The average Bonchev–Trinajstić information content (AvgIpc) is 2.45. The molecule has 2 N–H and O–H groups in total. The first kappa shape index (κ1) is 14.3. The molecule has 0 spiro atoms. The molecule has 0 saturated heterocycles. The second kappa shape index (κ2) is 5.90. The number of nitrogen functional groups attached to an aromatic ring is 1. The maximum Gasteiger partial charge on any atom is 0.141 e. The lowest BCUT2D eigenvalue weighted by Gasteiger charge is -2.26. The van der Waals surface area contributed by atoms with E-state index in [1.807, 2.05) is 26.0 Å². The summed E-state index contributed by atoms with van der Waals surface area (Å²) >= 11 is 0. The molecule has 0 amide bonds. The quantitative estimate of drug-likeness (QED) is 0.925. The largest absolute Gasteiger partial charge is 0.383 e. The predicted molar refractivity (Wildman–Crippen MR) is 84.4 cm³/mol. The van der Waals surface area contributed by atoms with E-state index >= 15 is 0 Å². The summed E-state index contributed by atoms with van der Waals surface area (Å²) in [4.78, 5) is 11.2. The van der Waals surface area contributed by atoms with Crippen molar-refractivity contribution < 1.29 is 0 Å². The minimum absolute atomic E-state index is 0.568. The molecule has 0 unspecified atom stereocenters. The SMILES string of the molecule is CCc1nc(N)c(C)c(N(CC)c2ccccc2C)n1. The number of hydrogen-bond donors (Lipinski definition) is 1. The summed E-state index contributed by atoms with van der Waals surface area (Å²) in [6.45, 7) is 9.09. The summed E-state index contributed by atoms with van der Waals surface area (Å²) in [6, 6.07) is 8.32. The van der Waals surface area contributed by atoms with Crippen LogP contribution < -0.4 is 10.6 Å². The molecular formula is C16H22N4. The van der Waals surface area contributed by atoms with Gasteiger partial charge in [-0.25, -0.2) is 9.97 Å². The molecule has 4 nitrogen and oxygen atoms in total. The Bertz CT molecular complexity index is 607. The topological polar surface area (TPSA) is 55.0 Å². The second-order valence-electron chi connectivity index (χ2n) is 4.86. The molecule has 20 heavy (non-hydrogen) atoms. The highest BCUT2D eigenvalue weighted by atomic mass is 15.2. The number of aryl methyl sites for hydroxylation is 2. The van der Waals surface area contributed by atoms with Crippen LogP contribution in [0.15, 0.2) is 24.3 Å². The fourth-order valence-electron chi connectivity index (χ4n) is 2.29. The zero-order valence-electron chi connectivity index (χ0n) is 12.6. The highest BCUT2D eigenvalue weighted by molar-refractivity contribution is 5.68. The van der Waals surface area contributed by atoms with Crippen molar-refractivity contribution in [3.8, 4) is 0 Å². The molecule has 4 heteroatoms. The minimum Gasteiger partial charge on any atom is -0.383 e. The highest BCUT2D eigenvalue weighted by Gasteiger charge is 2.16. The Morgan fingerprint density at radius 3 is 2.40 bits per heavy atom. The van der Waals surface area contributed by atoms with Crippen LogP contribution in [0.1, 0.15) is 30.8 Å². The van der Waals surface area contributed by atoms with Crippen LogP contribution in [-0.4, -0.2) is 16.5 Å². The maximum atomic E-state index is 6.03. The molecule has 1 aromatic carbocycles. The molecule has 0 fully saturated rings. The zero-order valence-corrected chi connectivity index (χ0v) is 12.6. The number of rotatable bonds is 4.